The van der Waals surface area contributed by atoms with Crippen LogP contribution in [0, 0.1) is 5.92 Å². The second kappa shape index (κ2) is 3.23. The molecule has 2 heteroatoms. The van der Waals surface area contributed by atoms with Crippen LogP contribution in [0.1, 0.15) is 30.4 Å². The smallest absolute Gasteiger partial charge is 0.0446 e. The van der Waals surface area contributed by atoms with E-state index in [4.69, 9.17) is 17.3 Å². The van der Waals surface area contributed by atoms with Gasteiger partial charge in [-0.3, -0.25) is 0 Å². The zero-order valence-electron chi connectivity index (χ0n) is 8.80. The zero-order valence-corrected chi connectivity index (χ0v) is 9.56. The molecule has 1 spiro atoms. The van der Waals surface area contributed by atoms with Crippen LogP contribution in [-0.2, 0) is 11.8 Å². The van der Waals surface area contributed by atoms with Crippen molar-refractivity contribution in [3.05, 3.63) is 34.3 Å². The molecule has 15 heavy (non-hydrogen) atoms. The Morgan fingerprint density at radius 2 is 2.20 bits per heavy atom. The summed E-state index contributed by atoms with van der Waals surface area (Å²) < 4.78 is 0. The van der Waals surface area contributed by atoms with Gasteiger partial charge in [-0.2, -0.15) is 0 Å². The lowest BCUT2D eigenvalue weighted by Gasteiger charge is -2.34. The van der Waals surface area contributed by atoms with Crippen LogP contribution in [0.3, 0.4) is 0 Å². The number of aryl methyl sites for hydroxylation is 1. The predicted molar refractivity (Wildman–Crippen MR) is 63.2 cm³/mol. The Hall–Kier alpha value is -0.530. The molecule has 0 amide bonds. The van der Waals surface area contributed by atoms with Gasteiger partial charge in [0.05, 0.1) is 0 Å². The third-order valence-corrected chi connectivity index (χ3v) is 4.53. The fourth-order valence-electron chi connectivity index (χ4n) is 3.28. The quantitative estimate of drug-likeness (QED) is 0.776. The SMILES string of the molecule is NCC1CCc2cccc(Cl)c2C12CC2. The number of nitrogens with two attached hydrogens (primary N) is 1. The first-order valence-electron chi connectivity index (χ1n) is 5.76. The van der Waals surface area contributed by atoms with Gasteiger partial charge in [-0.05, 0) is 55.3 Å². The van der Waals surface area contributed by atoms with Crippen molar-refractivity contribution in [2.45, 2.75) is 31.1 Å². The van der Waals surface area contributed by atoms with Crippen LogP contribution in [0.2, 0.25) is 5.02 Å². The van der Waals surface area contributed by atoms with Gasteiger partial charge in [0.2, 0.25) is 0 Å². The summed E-state index contributed by atoms with van der Waals surface area (Å²) in [5, 5.41) is 0.961. The largest absolute Gasteiger partial charge is 0.330 e. The Morgan fingerprint density at radius 3 is 2.87 bits per heavy atom. The minimum Gasteiger partial charge on any atom is -0.330 e. The monoisotopic (exact) mass is 221 g/mol. The van der Waals surface area contributed by atoms with E-state index in [0.29, 0.717) is 11.3 Å². The first-order chi connectivity index (χ1) is 7.28. The van der Waals surface area contributed by atoms with Crippen LogP contribution in [0.5, 0.6) is 0 Å². The van der Waals surface area contributed by atoms with E-state index in [1.54, 1.807) is 0 Å². The van der Waals surface area contributed by atoms with Crippen molar-refractivity contribution >= 4 is 11.6 Å². The highest BCUT2D eigenvalue weighted by Crippen LogP contribution is 2.59. The molecule has 1 fully saturated rings. The zero-order chi connectivity index (χ0) is 10.5. The Bertz CT molecular complexity index is 396. The minimum atomic E-state index is 0.362. The molecule has 0 heterocycles. The van der Waals surface area contributed by atoms with Crippen molar-refractivity contribution in [1.82, 2.24) is 0 Å². The Morgan fingerprint density at radius 1 is 1.40 bits per heavy atom. The van der Waals surface area contributed by atoms with Crippen molar-refractivity contribution in [3.63, 3.8) is 0 Å². The van der Waals surface area contributed by atoms with Crippen LogP contribution in [0.25, 0.3) is 0 Å². The number of fused-ring (bicyclic) bond motifs is 2. The van der Waals surface area contributed by atoms with Gasteiger partial charge in [0.25, 0.3) is 0 Å². The van der Waals surface area contributed by atoms with E-state index in [-0.39, 0.29) is 0 Å². The maximum atomic E-state index is 6.35. The fraction of sp³-hybridized carbons (Fsp3) is 0.538. The summed E-state index contributed by atoms with van der Waals surface area (Å²) in [5.41, 5.74) is 9.13. The van der Waals surface area contributed by atoms with Crippen LogP contribution in [0.4, 0.5) is 0 Å². The molecule has 2 aliphatic carbocycles. The molecule has 1 aromatic rings. The van der Waals surface area contributed by atoms with E-state index in [0.717, 1.165) is 18.0 Å². The van der Waals surface area contributed by atoms with Crippen molar-refractivity contribution in [3.8, 4) is 0 Å². The summed E-state index contributed by atoms with van der Waals surface area (Å²) in [5.74, 6) is 0.657. The van der Waals surface area contributed by atoms with E-state index in [1.165, 1.54) is 30.4 Å². The predicted octanol–water partition coefficient (Wildman–Crippen LogP) is 2.89. The molecule has 0 saturated heterocycles. The number of benzene rings is 1. The fourth-order valence-corrected chi connectivity index (χ4v) is 3.66. The van der Waals surface area contributed by atoms with E-state index < -0.39 is 0 Å². The molecule has 0 radical (unpaired) electrons. The number of hydrogen-bond donors (Lipinski definition) is 1. The molecule has 0 bridgehead atoms. The minimum absolute atomic E-state index is 0.362. The lowest BCUT2D eigenvalue weighted by Crippen LogP contribution is -2.33. The molecular formula is C13H16ClN. The van der Waals surface area contributed by atoms with E-state index in [2.05, 4.69) is 12.1 Å². The molecule has 0 aromatic heterocycles. The molecule has 1 unspecified atom stereocenters. The number of rotatable bonds is 1. The van der Waals surface area contributed by atoms with Crippen molar-refractivity contribution < 1.29 is 0 Å². The molecule has 1 aromatic carbocycles. The van der Waals surface area contributed by atoms with Gasteiger partial charge in [0.15, 0.2) is 0 Å². The molecule has 2 N–H and O–H groups in total. The highest BCUT2D eigenvalue weighted by atomic mass is 35.5. The highest BCUT2D eigenvalue weighted by molar-refractivity contribution is 6.31. The van der Waals surface area contributed by atoms with Gasteiger partial charge in [-0.15, -0.1) is 0 Å². The lowest BCUT2D eigenvalue weighted by molar-refractivity contribution is 0.362. The van der Waals surface area contributed by atoms with Gasteiger partial charge < -0.3 is 5.73 Å². The molecule has 1 nitrogen and oxygen atoms in total. The standard InChI is InChI=1S/C13H16ClN/c14-11-3-1-2-9-4-5-10(8-15)13(6-7-13)12(9)11/h1-3,10H,4-8,15H2. The topological polar surface area (TPSA) is 26.0 Å². The summed E-state index contributed by atoms with van der Waals surface area (Å²) in [4.78, 5) is 0. The second-order valence-corrected chi connectivity index (χ2v) is 5.31. The molecule has 3 rings (SSSR count). The van der Waals surface area contributed by atoms with Gasteiger partial charge in [-0.25, -0.2) is 0 Å². The third-order valence-electron chi connectivity index (χ3n) is 4.21. The van der Waals surface area contributed by atoms with Gasteiger partial charge in [-0.1, -0.05) is 23.7 Å². The molecular weight excluding hydrogens is 206 g/mol. The molecule has 1 saturated carbocycles. The first kappa shape index (κ1) is 9.68. The average molecular weight is 222 g/mol. The van der Waals surface area contributed by atoms with Crippen LogP contribution in [0.15, 0.2) is 18.2 Å². The first-order valence-corrected chi connectivity index (χ1v) is 6.14. The van der Waals surface area contributed by atoms with Crippen molar-refractivity contribution in [2.75, 3.05) is 6.54 Å². The lowest BCUT2D eigenvalue weighted by atomic mass is 9.72. The van der Waals surface area contributed by atoms with Crippen LogP contribution in [-0.4, -0.2) is 6.54 Å². The number of hydrogen-bond acceptors (Lipinski definition) is 1. The molecule has 1 atom stereocenters. The van der Waals surface area contributed by atoms with Gasteiger partial charge in [0, 0.05) is 10.4 Å². The number of halogens is 1. The maximum Gasteiger partial charge on any atom is 0.0446 e. The highest BCUT2D eigenvalue weighted by Gasteiger charge is 2.53. The van der Waals surface area contributed by atoms with Crippen molar-refractivity contribution in [2.24, 2.45) is 11.7 Å². The molecule has 80 valence electrons. The third kappa shape index (κ3) is 1.26. The average Bonchev–Trinajstić information content (AvgIpc) is 3.00. The van der Waals surface area contributed by atoms with E-state index >= 15 is 0 Å². The summed E-state index contributed by atoms with van der Waals surface area (Å²) >= 11 is 6.35. The van der Waals surface area contributed by atoms with Crippen molar-refractivity contribution in [1.29, 1.82) is 0 Å². The van der Waals surface area contributed by atoms with Gasteiger partial charge in [0.1, 0.15) is 0 Å². The summed E-state index contributed by atoms with van der Waals surface area (Å²) in [6.45, 7) is 0.810. The van der Waals surface area contributed by atoms with E-state index in [9.17, 15) is 0 Å². The summed E-state index contributed by atoms with van der Waals surface area (Å²) in [7, 11) is 0. The Kier molecular flexibility index (Phi) is 2.08. The normalized spacial score (nSPS) is 26.4. The van der Waals surface area contributed by atoms with Gasteiger partial charge >= 0.3 is 0 Å². The maximum absolute atomic E-state index is 6.35. The molecule has 2 aliphatic rings. The second-order valence-electron chi connectivity index (χ2n) is 4.90. The van der Waals surface area contributed by atoms with Crippen LogP contribution >= 0.6 is 11.6 Å². The van der Waals surface area contributed by atoms with E-state index in [1.807, 2.05) is 6.07 Å². The van der Waals surface area contributed by atoms with Crippen LogP contribution < -0.4 is 5.73 Å². The summed E-state index contributed by atoms with van der Waals surface area (Å²) in [6, 6.07) is 6.33. The molecule has 0 aliphatic heterocycles. The Labute approximate surface area is 95.6 Å². The summed E-state index contributed by atoms with van der Waals surface area (Å²) in [6.07, 6.45) is 4.96. The Balaban J connectivity index is 2.14.